The number of aliphatic hydroxyl groups excluding tert-OH is 4. The largest absolute Gasteiger partial charge is 0.658 e. The van der Waals surface area contributed by atoms with E-state index in [-0.39, 0.29) is 37.4 Å². The lowest BCUT2D eigenvalue weighted by molar-refractivity contribution is -0.436. The maximum atomic E-state index is 12.9. The highest BCUT2D eigenvalue weighted by Crippen LogP contribution is 2.58. The van der Waals surface area contributed by atoms with Crippen molar-refractivity contribution in [2.45, 2.75) is 125 Å². The minimum Gasteiger partial charge on any atom is -0.658 e. The number of aliphatic carboxylic acids is 1. The summed E-state index contributed by atoms with van der Waals surface area (Å²) in [6, 6.07) is 2.05. The maximum absolute atomic E-state index is 12.9. The second-order valence-corrected chi connectivity index (χ2v) is 15.9. The first-order chi connectivity index (χ1) is 25.5. The summed E-state index contributed by atoms with van der Waals surface area (Å²) >= 11 is 0. The Balaban J connectivity index is 1.31. The summed E-state index contributed by atoms with van der Waals surface area (Å²) in [4.78, 5) is 30.1. The predicted molar refractivity (Wildman–Crippen MR) is 189 cm³/mol. The Morgan fingerprint density at radius 1 is 1.13 bits per heavy atom. The number of carboxylic acid groups (broad SMARTS) is 1. The van der Waals surface area contributed by atoms with E-state index in [2.05, 4.69) is 13.0 Å². The fourth-order valence-electron chi connectivity index (χ4n) is 10.4. The molecular formula is C40H54NO12-. The third-order valence-electron chi connectivity index (χ3n) is 13.2. The molecule has 13 heteroatoms. The molecule has 13 nitrogen and oxygen atoms in total. The van der Waals surface area contributed by atoms with Crippen molar-refractivity contribution in [3.05, 3.63) is 46.1 Å². The zero-order chi connectivity index (χ0) is 37.7. The summed E-state index contributed by atoms with van der Waals surface area (Å²) in [5, 5.41) is 68.7. The number of aromatic nitrogens is 1. The third-order valence-corrected chi connectivity index (χ3v) is 13.2. The Hall–Kier alpha value is -3.04. The number of allylic oxidation sites excluding steroid dienone is 1. The molecule has 1 aromatic rings. The number of aliphatic hydroxyl groups is 5. The number of hydrogen-bond acceptors (Lipinski definition) is 11. The Kier molecular flexibility index (Phi) is 10.7. The molecule has 0 aromatic carbocycles. The highest BCUT2D eigenvalue weighted by Gasteiger charge is 2.75. The Labute approximate surface area is 309 Å². The van der Waals surface area contributed by atoms with Crippen LogP contribution in [0.5, 0.6) is 0 Å². The van der Waals surface area contributed by atoms with Gasteiger partial charge in [-0.15, -0.1) is 0 Å². The number of methoxy groups -OCH3 is 1. The first kappa shape index (κ1) is 38.2. The van der Waals surface area contributed by atoms with Crippen LogP contribution in [0.15, 0.2) is 29.9 Å². The molecule has 6 aliphatic rings. The number of carbonyl (C=O) groups is 2. The second-order valence-electron chi connectivity index (χ2n) is 15.9. The van der Waals surface area contributed by atoms with Crippen LogP contribution in [0.25, 0.3) is 11.3 Å². The lowest BCUT2D eigenvalue weighted by Gasteiger charge is -2.64. The average molecular weight is 741 g/mol. The second kappa shape index (κ2) is 14.9. The van der Waals surface area contributed by atoms with Gasteiger partial charge in [0.1, 0.15) is 18.8 Å². The van der Waals surface area contributed by atoms with Crippen molar-refractivity contribution in [2.24, 2.45) is 23.7 Å². The van der Waals surface area contributed by atoms with E-state index in [4.69, 9.17) is 23.9 Å². The number of hydrogen-bond donors (Lipinski definition) is 6. The van der Waals surface area contributed by atoms with Gasteiger partial charge in [-0.2, -0.15) is 5.69 Å². The van der Waals surface area contributed by atoms with Crippen LogP contribution in [0.1, 0.15) is 95.6 Å². The number of rotatable bonds is 12. The zero-order valence-corrected chi connectivity index (χ0v) is 30.6. The topological polar surface area (TPSA) is 207 Å². The quantitative estimate of drug-likeness (QED) is 0.132. The van der Waals surface area contributed by atoms with Gasteiger partial charge in [-0.25, -0.2) is 4.79 Å². The summed E-state index contributed by atoms with van der Waals surface area (Å²) in [6.07, 6.45) is 8.70. The van der Waals surface area contributed by atoms with Crippen molar-refractivity contribution in [3.8, 4) is 0 Å². The number of carboxylic acids is 1. The van der Waals surface area contributed by atoms with Crippen LogP contribution >= 0.6 is 0 Å². The molecule has 10 unspecified atom stereocenters. The molecule has 292 valence electrons. The van der Waals surface area contributed by atoms with E-state index in [1.807, 2.05) is 12.2 Å². The van der Waals surface area contributed by atoms with Gasteiger partial charge in [-0.1, -0.05) is 55.8 Å². The Morgan fingerprint density at radius 3 is 2.58 bits per heavy atom. The average Bonchev–Trinajstić information content (AvgIpc) is 3.55. The van der Waals surface area contributed by atoms with Crippen LogP contribution in [0.3, 0.4) is 0 Å². The standard InChI is InChI=1S/C40H54NO12/c1-22(23-9-4-3-5-10-23)30-18-28-29-14-15-38(49)37(48)40(29,51-31(13-8-16-42)34(28)41-30)32(20-43)52-39(38,21-44)53-35-24-11-6-7-12-25(35)26(19-33(45)46)27(17-24)36(47)50-2/h7,12,17-18,22-26,32,35,37,42-44,48-49H,3-6,8-11,13-16,19-21H2,1-2H3,(H,45,46)/q-1. The molecule has 1 aromatic heterocycles. The van der Waals surface area contributed by atoms with Gasteiger partial charge in [0.15, 0.2) is 11.2 Å². The van der Waals surface area contributed by atoms with Crippen molar-refractivity contribution < 1.29 is 59.2 Å². The van der Waals surface area contributed by atoms with Crippen LogP contribution in [0.2, 0.25) is 0 Å². The lowest BCUT2D eigenvalue weighted by Crippen LogP contribution is -2.83. The normalized spacial score (nSPS) is 37.2. The highest BCUT2D eigenvalue weighted by molar-refractivity contribution is 5.90. The summed E-state index contributed by atoms with van der Waals surface area (Å²) in [5.41, 5.74) is -2.26. The van der Waals surface area contributed by atoms with E-state index >= 15 is 0 Å². The molecular weight excluding hydrogens is 686 g/mol. The van der Waals surface area contributed by atoms with Crippen LogP contribution in [0, 0.1) is 23.7 Å². The van der Waals surface area contributed by atoms with Gasteiger partial charge in [-0.05, 0) is 67.6 Å². The number of esters is 1. The van der Waals surface area contributed by atoms with E-state index in [1.165, 1.54) is 26.4 Å². The zero-order valence-electron chi connectivity index (χ0n) is 30.6. The molecule has 4 bridgehead atoms. The Morgan fingerprint density at radius 2 is 1.91 bits per heavy atom. The van der Waals surface area contributed by atoms with Gasteiger partial charge in [-0.3, -0.25) is 4.79 Å². The molecule has 7 rings (SSSR count). The van der Waals surface area contributed by atoms with Gasteiger partial charge in [0.05, 0.1) is 32.0 Å². The van der Waals surface area contributed by atoms with Gasteiger partial charge in [0, 0.05) is 36.4 Å². The highest BCUT2D eigenvalue weighted by atomic mass is 16.7. The smallest absolute Gasteiger partial charge is 0.333 e. The molecule has 4 aliphatic carbocycles. The van der Waals surface area contributed by atoms with Gasteiger partial charge in [0.25, 0.3) is 0 Å². The molecule has 1 saturated heterocycles. The summed E-state index contributed by atoms with van der Waals surface area (Å²) in [5.74, 6) is -4.96. The molecule has 0 radical (unpaired) electrons. The molecule has 3 heterocycles. The summed E-state index contributed by atoms with van der Waals surface area (Å²) in [6.45, 7) is 0.503. The van der Waals surface area contributed by atoms with E-state index < -0.39 is 84.6 Å². The number of carbonyl (C=O) groups excluding carboxylic acids is 1. The van der Waals surface area contributed by atoms with Crippen molar-refractivity contribution in [2.75, 3.05) is 26.9 Å². The molecule has 2 aliphatic heterocycles. The van der Waals surface area contributed by atoms with Crippen LogP contribution in [0.4, 0.5) is 0 Å². The molecule has 1 spiro atoms. The minimum absolute atomic E-state index is 0.100. The Bertz CT molecular complexity index is 1740. The summed E-state index contributed by atoms with van der Waals surface area (Å²) < 4.78 is 25.2. The molecule has 2 saturated carbocycles. The lowest BCUT2D eigenvalue weighted by atomic mass is 9.60. The number of nitrogens with zero attached hydrogens (tertiary/aromatic N) is 1. The van der Waals surface area contributed by atoms with E-state index in [0.717, 1.165) is 23.8 Å². The molecule has 10 atom stereocenters. The first-order valence-corrected chi connectivity index (χ1v) is 19.3. The SMILES string of the molecule is COC(=O)C1=CC2CCC=CC(C1CC(=O)O)C2OC1(CO)OC(CO)C23OC(CCCO)=c4[n-]c(C(C)C5CCCCC5)cc4=C2CCC1(O)C3O. The molecule has 3 fully saturated rings. The first-order valence-electron chi connectivity index (χ1n) is 19.3. The summed E-state index contributed by atoms with van der Waals surface area (Å²) in [7, 11) is 1.24. The van der Waals surface area contributed by atoms with Crippen molar-refractivity contribution in [1.82, 2.24) is 4.98 Å². The fraction of sp³-hybridized carbons (Fsp3) is 0.700. The van der Waals surface area contributed by atoms with Gasteiger partial charge in [0.2, 0.25) is 5.79 Å². The van der Waals surface area contributed by atoms with Crippen molar-refractivity contribution >= 4 is 23.3 Å². The third kappa shape index (κ3) is 6.11. The van der Waals surface area contributed by atoms with Crippen LogP contribution < -0.4 is 15.6 Å². The van der Waals surface area contributed by atoms with E-state index in [9.17, 15) is 40.2 Å². The van der Waals surface area contributed by atoms with Gasteiger partial charge < -0.3 is 54.6 Å². The molecule has 53 heavy (non-hydrogen) atoms. The molecule has 6 N–H and O–H groups in total. The predicted octanol–water partition coefficient (Wildman–Crippen LogP) is 1.27. The monoisotopic (exact) mass is 740 g/mol. The van der Waals surface area contributed by atoms with Gasteiger partial charge >= 0.3 is 11.9 Å². The van der Waals surface area contributed by atoms with Crippen LogP contribution in [-0.4, -0.2) is 105 Å². The van der Waals surface area contributed by atoms with E-state index in [1.54, 1.807) is 6.08 Å². The fourth-order valence-corrected chi connectivity index (χ4v) is 10.4. The van der Waals surface area contributed by atoms with Crippen molar-refractivity contribution in [1.29, 1.82) is 0 Å². The number of ether oxygens (including phenoxy) is 4. The number of fused-ring (bicyclic) bond motifs is 4. The minimum atomic E-state index is -2.28. The maximum Gasteiger partial charge on any atom is 0.333 e. The van der Waals surface area contributed by atoms with Crippen molar-refractivity contribution in [3.63, 3.8) is 0 Å². The van der Waals surface area contributed by atoms with Crippen LogP contribution in [-0.2, 0) is 28.5 Å². The molecule has 0 amide bonds. The van der Waals surface area contributed by atoms with E-state index in [0.29, 0.717) is 41.9 Å².